The molecule has 0 bridgehead atoms. The molecule has 1 atom stereocenters. The number of thiophene rings is 1. The molecule has 6 heteroatoms. The van der Waals surface area contributed by atoms with Crippen LogP contribution in [0.5, 0.6) is 0 Å². The SMILES string of the molecule is Cc1c(C(N)=O)sc2cccc([C@H](C)c3ccc(C(=O)NO)cc3)c12. The van der Waals surface area contributed by atoms with E-state index in [-0.39, 0.29) is 5.92 Å². The van der Waals surface area contributed by atoms with Crippen LogP contribution in [0, 0.1) is 6.92 Å². The van der Waals surface area contributed by atoms with Crippen LogP contribution < -0.4 is 11.2 Å². The van der Waals surface area contributed by atoms with Crippen LogP contribution in [0.2, 0.25) is 0 Å². The number of amides is 2. The summed E-state index contributed by atoms with van der Waals surface area (Å²) in [5.41, 5.74) is 10.6. The van der Waals surface area contributed by atoms with Gasteiger partial charge in [0.2, 0.25) is 0 Å². The maximum absolute atomic E-state index is 11.6. The Labute approximate surface area is 149 Å². The molecule has 3 aromatic rings. The Morgan fingerprint density at radius 1 is 1.16 bits per heavy atom. The first-order valence-corrected chi connectivity index (χ1v) is 8.62. The van der Waals surface area contributed by atoms with Crippen molar-refractivity contribution in [1.29, 1.82) is 0 Å². The number of aryl methyl sites for hydroxylation is 1. The van der Waals surface area contributed by atoms with Crippen molar-refractivity contribution in [2.45, 2.75) is 19.8 Å². The Bertz CT molecular complexity index is 961. The van der Waals surface area contributed by atoms with Gasteiger partial charge in [0, 0.05) is 16.2 Å². The third-order valence-electron chi connectivity index (χ3n) is 4.45. The average Bonchev–Trinajstić information content (AvgIpc) is 2.98. The van der Waals surface area contributed by atoms with Gasteiger partial charge in [0.15, 0.2) is 0 Å². The lowest BCUT2D eigenvalue weighted by atomic mass is 9.89. The van der Waals surface area contributed by atoms with Crippen LogP contribution in [0.15, 0.2) is 42.5 Å². The summed E-state index contributed by atoms with van der Waals surface area (Å²) >= 11 is 1.41. The first kappa shape index (κ1) is 17.1. The molecule has 2 aromatic carbocycles. The Balaban J connectivity index is 2.06. The highest BCUT2D eigenvalue weighted by molar-refractivity contribution is 7.21. The molecule has 128 valence electrons. The zero-order valence-electron chi connectivity index (χ0n) is 13.9. The summed E-state index contributed by atoms with van der Waals surface area (Å²) in [6, 6.07) is 13.1. The zero-order valence-corrected chi connectivity index (χ0v) is 14.7. The Hall–Kier alpha value is -2.70. The number of hydrogen-bond acceptors (Lipinski definition) is 4. The van der Waals surface area contributed by atoms with Crippen LogP contribution in [0.25, 0.3) is 10.1 Å². The maximum atomic E-state index is 11.6. The molecule has 2 amide bonds. The number of nitrogens with one attached hydrogen (secondary N) is 1. The van der Waals surface area contributed by atoms with Gasteiger partial charge in [0.25, 0.3) is 11.8 Å². The molecule has 1 heterocycles. The highest BCUT2D eigenvalue weighted by Gasteiger charge is 2.19. The fraction of sp³-hybridized carbons (Fsp3) is 0.158. The van der Waals surface area contributed by atoms with Crippen LogP contribution >= 0.6 is 11.3 Å². The van der Waals surface area contributed by atoms with Gasteiger partial charge in [-0.2, -0.15) is 0 Å². The number of carbonyl (C=O) groups is 2. The van der Waals surface area contributed by atoms with Crippen molar-refractivity contribution in [3.63, 3.8) is 0 Å². The second kappa shape index (κ2) is 6.66. The van der Waals surface area contributed by atoms with E-state index in [9.17, 15) is 9.59 Å². The lowest BCUT2D eigenvalue weighted by Crippen LogP contribution is -2.18. The molecule has 5 nitrogen and oxygen atoms in total. The van der Waals surface area contributed by atoms with Crippen molar-refractivity contribution in [1.82, 2.24) is 5.48 Å². The molecular formula is C19H18N2O3S. The highest BCUT2D eigenvalue weighted by Crippen LogP contribution is 2.38. The molecule has 0 saturated carbocycles. The lowest BCUT2D eigenvalue weighted by Gasteiger charge is -2.15. The van der Waals surface area contributed by atoms with Gasteiger partial charge in [0.05, 0.1) is 4.88 Å². The van der Waals surface area contributed by atoms with Crippen molar-refractivity contribution in [2.75, 3.05) is 0 Å². The maximum Gasteiger partial charge on any atom is 0.274 e. The summed E-state index contributed by atoms with van der Waals surface area (Å²) in [6.45, 7) is 4.00. The second-order valence-corrected chi connectivity index (χ2v) is 6.98. The molecule has 3 rings (SSSR count). The minimum Gasteiger partial charge on any atom is -0.365 e. The lowest BCUT2D eigenvalue weighted by molar-refractivity contribution is 0.0706. The molecule has 0 aliphatic rings. The quantitative estimate of drug-likeness (QED) is 0.494. The van der Waals surface area contributed by atoms with Gasteiger partial charge < -0.3 is 5.73 Å². The van der Waals surface area contributed by atoms with Gasteiger partial charge >= 0.3 is 0 Å². The Kier molecular flexibility index (Phi) is 4.57. The largest absolute Gasteiger partial charge is 0.365 e. The van der Waals surface area contributed by atoms with Crippen LogP contribution in [0.4, 0.5) is 0 Å². The minimum absolute atomic E-state index is 0.0731. The summed E-state index contributed by atoms with van der Waals surface area (Å²) in [6.07, 6.45) is 0. The molecular weight excluding hydrogens is 336 g/mol. The average molecular weight is 354 g/mol. The zero-order chi connectivity index (χ0) is 18.1. The van der Waals surface area contributed by atoms with Crippen LogP contribution in [0.1, 0.15) is 49.6 Å². The van der Waals surface area contributed by atoms with E-state index < -0.39 is 11.8 Å². The van der Waals surface area contributed by atoms with Crippen molar-refractivity contribution < 1.29 is 14.8 Å². The van der Waals surface area contributed by atoms with Crippen molar-refractivity contribution in [3.05, 3.63) is 69.6 Å². The number of nitrogens with two attached hydrogens (primary N) is 1. The second-order valence-electron chi connectivity index (χ2n) is 5.93. The van der Waals surface area contributed by atoms with E-state index in [1.807, 2.05) is 37.3 Å². The van der Waals surface area contributed by atoms with Gasteiger partial charge in [-0.05, 0) is 47.2 Å². The number of benzene rings is 2. The molecule has 0 spiro atoms. The fourth-order valence-electron chi connectivity index (χ4n) is 3.10. The van der Waals surface area contributed by atoms with Gasteiger partial charge in [-0.3, -0.25) is 14.8 Å². The molecule has 0 unspecified atom stereocenters. The molecule has 0 radical (unpaired) electrons. The van der Waals surface area contributed by atoms with E-state index in [2.05, 4.69) is 6.92 Å². The van der Waals surface area contributed by atoms with Crippen LogP contribution in [-0.4, -0.2) is 17.0 Å². The summed E-state index contributed by atoms with van der Waals surface area (Å²) in [4.78, 5) is 23.7. The normalized spacial score (nSPS) is 12.1. The number of hydrogen-bond donors (Lipinski definition) is 3. The molecule has 4 N–H and O–H groups in total. The van der Waals surface area contributed by atoms with E-state index in [0.29, 0.717) is 10.4 Å². The smallest absolute Gasteiger partial charge is 0.274 e. The summed E-state index contributed by atoms with van der Waals surface area (Å²) in [7, 11) is 0. The highest BCUT2D eigenvalue weighted by atomic mass is 32.1. The Morgan fingerprint density at radius 2 is 1.84 bits per heavy atom. The third kappa shape index (κ3) is 3.01. The summed E-state index contributed by atoms with van der Waals surface area (Å²) < 4.78 is 1.03. The number of carbonyl (C=O) groups excluding carboxylic acids is 2. The first-order chi connectivity index (χ1) is 11.9. The summed E-state index contributed by atoms with van der Waals surface area (Å²) in [5, 5.41) is 9.77. The minimum atomic E-state index is -0.541. The standard InChI is InChI=1S/C19H18N2O3S/c1-10(12-6-8-13(9-7-12)19(23)21-24)14-4-3-5-15-16(14)11(2)17(25-15)18(20)22/h3-10,24H,1-2H3,(H2,20,22)(H,21,23)/t10-/m1/s1. The van der Waals surface area contributed by atoms with E-state index in [1.54, 1.807) is 17.6 Å². The fourth-order valence-corrected chi connectivity index (χ4v) is 4.19. The van der Waals surface area contributed by atoms with Crippen molar-refractivity contribution in [2.24, 2.45) is 5.73 Å². The molecule has 1 aromatic heterocycles. The van der Waals surface area contributed by atoms with E-state index in [4.69, 9.17) is 10.9 Å². The first-order valence-electron chi connectivity index (χ1n) is 7.80. The van der Waals surface area contributed by atoms with Crippen molar-refractivity contribution >= 4 is 33.2 Å². The molecule has 0 aliphatic heterocycles. The molecule has 0 saturated heterocycles. The predicted molar refractivity (Wildman–Crippen MR) is 98.3 cm³/mol. The molecule has 0 aliphatic carbocycles. The predicted octanol–water partition coefficient (Wildman–Crippen LogP) is 3.58. The number of fused-ring (bicyclic) bond motifs is 1. The van der Waals surface area contributed by atoms with Gasteiger partial charge in [-0.25, -0.2) is 5.48 Å². The third-order valence-corrected chi connectivity index (χ3v) is 5.72. The van der Waals surface area contributed by atoms with Gasteiger partial charge in [0.1, 0.15) is 0 Å². The monoisotopic (exact) mass is 354 g/mol. The number of primary amides is 1. The molecule has 25 heavy (non-hydrogen) atoms. The molecule has 0 fully saturated rings. The van der Waals surface area contributed by atoms with Crippen molar-refractivity contribution in [3.8, 4) is 0 Å². The number of rotatable bonds is 4. The van der Waals surface area contributed by atoms with E-state index >= 15 is 0 Å². The van der Waals surface area contributed by atoms with Crippen LogP contribution in [0.3, 0.4) is 0 Å². The van der Waals surface area contributed by atoms with Gasteiger partial charge in [-0.15, -0.1) is 11.3 Å². The van der Waals surface area contributed by atoms with E-state index in [0.717, 1.165) is 26.8 Å². The van der Waals surface area contributed by atoms with E-state index in [1.165, 1.54) is 11.3 Å². The van der Waals surface area contributed by atoms with Gasteiger partial charge in [-0.1, -0.05) is 31.2 Å². The Morgan fingerprint density at radius 3 is 2.44 bits per heavy atom. The topological polar surface area (TPSA) is 92.4 Å². The summed E-state index contributed by atoms with van der Waals surface area (Å²) in [5.74, 6) is -0.873. The number of hydroxylamine groups is 1. The van der Waals surface area contributed by atoms with Crippen LogP contribution in [-0.2, 0) is 0 Å².